The summed E-state index contributed by atoms with van der Waals surface area (Å²) >= 11 is 0. The van der Waals surface area contributed by atoms with E-state index in [4.69, 9.17) is 0 Å². The fourth-order valence-corrected chi connectivity index (χ4v) is 5.21. The summed E-state index contributed by atoms with van der Waals surface area (Å²) < 4.78 is 80.9. The number of carbonyl (C=O) groups is 2. The molecule has 0 bridgehead atoms. The van der Waals surface area contributed by atoms with Crippen LogP contribution in [0.25, 0.3) is 0 Å². The Morgan fingerprint density at radius 2 is 1.31 bits per heavy atom. The summed E-state index contributed by atoms with van der Waals surface area (Å²) in [5.74, 6) is -1.03. The fraction of sp³-hybridized carbons (Fsp3) is 0.481. The largest absolute Gasteiger partial charge is 0.416 e. The first-order valence-electron chi connectivity index (χ1n) is 12.3. The number of likely N-dealkylation sites (N-methyl/N-ethyl adjacent to an activating group) is 1. The summed E-state index contributed by atoms with van der Waals surface area (Å²) in [5, 5.41) is 9.58. The number of nitrogens with zero attached hydrogens (tertiary/aromatic N) is 3. The molecule has 0 aliphatic carbocycles. The van der Waals surface area contributed by atoms with Crippen LogP contribution in [0.15, 0.2) is 48.5 Å². The molecular formula is C27H29F6N3O3. The molecule has 2 aromatic rings. The Hall–Kier alpha value is -3.28. The van der Waals surface area contributed by atoms with Gasteiger partial charge in [0.25, 0.3) is 0 Å². The number of likely N-dealkylation sites (tertiary alicyclic amines) is 2. The van der Waals surface area contributed by atoms with E-state index in [0.717, 1.165) is 5.56 Å². The maximum Gasteiger partial charge on any atom is 0.416 e. The van der Waals surface area contributed by atoms with Crippen molar-refractivity contribution in [2.45, 2.75) is 49.7 Å². The van der Waals surface area contributed by atoms with E-state index in [1.807, 2.05) is 18.2 Å². The first kappa shape index (κ1) is 28.7. The predicted molar refractivity (Wildman–Crippen MR) is 130 cm³/mol. The lowest BCUT2D eigenvalue weighted by Gasteiger charge is -2.38. The molecule has 0 aromatic heterocycles. The van der Waals surface area contributed by atoms with Gasteiger partial charge in [0.05, 0.1) is 41.8 Å². The van der Waals surface area contributed by atoms with Crippen LogP contribution in [-0.2, 0) is 22.6 Å². The molecule has 2 atom stereocenters. The van der Waals surface area contributed by atoms with Crippen molar-refractivity contribution < 1.29 is 41.0 Å². The second kappa shape index (κ2) is 10.0. The Bertz CT molecular complexity index is 1190. The Kier molecular flexibility index (Phi) is 7.39. The highest BCUT2D eigenvalue weighted by molar-refractivity contribution is 5.88. The van der Waals surface area contributed by atoms with Gasteiger partial charge in [0.1, 0.15) is 0 Å². The fourth-order valence-electron chi connectivity index (χ4n) is 5.21. The minimum Gasteiger partial charge on any atom is -0.389 e. The molecule has 2 aliphatic rings. The van der Waals surface area contributed by atoms with Gasteiger partial charge in [0.2, 0.25) is 5.91 Å². The van der Waals surface area contributed by atoms with E-state index >= 15 is 0 Å². The highest BCUT2D eigenvalue weighted by Crippen LogP contribution is 2.40. The van der Waals surface area contributed by atoms with Crippen molar-refractivity contribution in [3.05, 3.63) is 70.8 Å². The number of hydrogen-bond donors (Lipinski definition) is 1. The van der Waals surface area contributed by atoms with E-state index < -0.39 is 52.5 Å². The molecule has 2 aliphatic heterocycles. The number of benzene rings is 2. The summed E-state index contributed by atoms with van der Waals surface area (Å²) in [6, 6.07) is 9.37. The van der Waals surface area contributed by atoms with Crippen LogP contribution in [0.5, 0.6) is 0 Å². The van der Waals surface area contributed by atoms with E-state index in [1.165, 1.54) is 30.7 Å². The third kappa shape index (κ3) is 5.70. The van der Waals surface area contributed by atoms with Gasteiger partial charge in [-0.25, -0.2) is 4.79 Å². The first-order valence-corrected chi connectivity index (χ1v) is 12.3. The molecule has 0 unspecified atom stereocenters. The van der Waals surface area contributed by atoms with Crippen LogP contribution < -0.4 is 0 Å². The first-order chi connectivity index (χ1) is 18.0. The lowest BCUT2D eigenvalue weighted by Crippen LogP contribution is -2.57. The molecule has 2 fully saturated rings. The van der Waals surface area contributed by atoms with Crippen molar-refractivity contribution in [3.63, 3.8) is 0 Å². The highest BCUT2D eigenvalue weighted by Gasteiger charge is 2.46. The molecule has 4 rings (SSSR count). The van der Waals surface area contributed by atoms with Crippen LogP contribution >= 0.6 is 0 Å². The van der Waals surface area contributed by atoms with Gasteiger partial charge in [0, 0.05) is 26.1 Å². The van der Waals surface area contributed by atoms with Gasteiger partial charge in [-0.05, 0) is 43.2 Å². The standard InChI is InChI=1S/C27H29F6N3O3/c1-25(2,17-9-18(26(28,29)30)11-19(10-17)27(31,32)33)23(38)34(3)22-15-36(24(39)35-12-20(37)13-35)14-21(22)16-7-5-4-6-8-16/h4-11,20-22,37H,12-15H2,1-3H3/t21-,22+/m0/s1. The smallest absolute Gasteiger partial charge is 0.389 e. The molecule has 2 saturated heterocycles. The zero-order valence-electron chi connectivity index (χ0n) is 21.6. The van der Waals surface area contributed by atoms with Crippen molar-refractivity contribution in [1.82, 2.24) is 14.7 Å². The Morgan fingerprint density at radius 3 is 1.79 bits per heavy atom. The summed E-state index contributed by atoms with van der Waals surface area (Å²) in [6.07, 6.45) is -10.7. The number of aliphatic hydroxyl groups is 1. The summed E-state index contributed by atoms with van der Waals surface area (Å²) in [7, 11) is 1.45. The van der Waals surface area contributed by atoms with E-state index in [1.54, 1.807) is 17.0 Å². The van der Waals surface area contributed by atoms with Gasteiger partial charge in [-0.1, -0.05) is 30.3 Å². The monoisotopic (exact) mass is 557 g/mol. The van der Waals surface area contributed by atoms with Gasteiger partial charge < -0.3 is 19.8 Å². The van der Waals surface area contributed by atoms with Gasteiger partial charge in [0.15, 0.2) is 0 Å². The van der Waals surface area contributed by atoms with Gasteiger partial charge in [-0.2, -0.15) is 26.3 Å². The minimum absolute atomic E-state index is 0.0341. The zero-order valence-corrected chi connectivity index (χ0v) is 21.6. The number of urea groups is 1. The van der Waals surface area contributed by atoms with Crippen LogP contribution in [0.1, 0.15) is 42.0 Å². The molecule has 2 aromatic carbocycles. The number of halogens is 6. The molecule has 6 nitrogen and oxygen atoms in total. The lowest BCUT2D eigenvalue weighted by molar-refractivity contribution is -0.144. The van der Waals surface area contributed by atoms with Crippen molar-refractivity contribution >= 4 is 11.9 Å². The lowest BCUT2D eigenvalue weighted by atomic mass is 9.80. The molecule has 39 heavy (non-hydrogen) atoms. The number of carbonyl (C=O) groups excluding carboxylic acids is 2. The average Bonchev–Trinajstić information content (AvgIpc) is 3.30. The van der Waals surface area contributed by atoms with E-state index in [2.05, 4.69) is 0 Å². The average molecular weight is 558 g/mol. The molecule has 3 amide bonds. The summed E-state index contributed by atoms with van der Waals surface area (Å²) in [5.41, 5.74) is -4.33. The molecular weight excluding hydrogens is 528 g/mol. The summed E-state index contributed by atoms with van der Waals surface area (Å²) in [6.45, 7) is 3.32. The maximum absolute atomic E-state index is 13.8. The van der Waals surface area contributed by atoms with E-state index in [-0.39, 0.29) is 44.2 Å². The van der Waals surface area contributed by atoms with Crippen LogP contribution in [0.3, 0.4) is 0 Å². The Balaban J connectivity index is 1.67. The SMILES string of the molecule is CN(C(=O)C(C)(C)c1cc(C(F)(F)F)cc(C(F)(F)F)c1)[C@@H]1CN(C(=O)N2CC(O)C2)C[C@H]1c1ccccc1. The number of rotatable bonds is 4. The third-order valence-corrected chi connectivity index (χ3v) is 7.58. The van der Waals surface area contributed by atoms with Crippen molar-refractivity contribution in [3.8, 4) is 0 Å². The second-order valence-corrected chi connectivity index (χ2v) is 10.7. The quantitative estimate of drug-likeness (QED) is 0.554. The van der Waals surface area contributed by atoms with Crippen molar-refractivity contribution in [1.29, 1.82) is 0 Å². The Morgan fingerprint density at radius 1 is 0.821 bits per heavy atom. The maximum atomic E-state index is 13.8. The van der Waals surface area contributed by atoms with Crippen molar-refractivity contribution in [2.24, 2.45) is 0 Å². The molecule has 2 heterocycles. The van der Waals surface area contributed by atoms with E-state index in [9.17, 15) is 41.0 Å². The number of aliphatic hydroxyl groups excluding tert-OH is 1. The van der Waals surface area contributed by atoms with E-state index in [0.29, 0.717) is 12.1 Å². The number of amides is 3. The van der Waals surface area contributed by atoms with Crippen LogP contribution in [0, 0.1) is 0 Å². The van der Waals surface area contributed by atoms with Gasteiger partial charge in [-0.15, -0.1) is 0 Å². The molecule has 212 valence electrons. The highest BCUT2D eigenvalue weighted by atomic mass is 19.4. The molecule has 0 spiro atoms. The molecule has 0 radical (unpaired) electrons. The van der Waals surface area contributed by atoms with Gasteiger partial charge in [-0.3, -0.25) is 4.79 Å². The van der Waals surface area contributed by atoms with Crippen LogP contribution in [-0.4, -0.2) is 77.1 Å². The van der Waals surface area contributed by atoms with Crippen LogP contribution in [0.4, 0.5) is 31.1 Å². The topological polar surface area (TPSA) is 64.1 Å². The predicted octanol–water partition coefficient (Wildman–Crippen LogP) is 4.72. The van der Waals surface area contributed by atoms with Crippen LogP contribution in [0.2, 0.25) is 0 Å². The number of hydrogen-bond acceptors (Lipinski definition) is 3. The minimum atomic E-state index is -5.05. The van der Waals surface area contributed by atoms with Gasteiger partial charge >= 0.3 is 18.4 Å². The normalized spacial score (nSPS) is 20.7. The second-order valence-electron chi connectivity index (χ2n) is 10.7. The summed E-state index contributed by atoms with van der Waals surface area (Å²) in [4.78, 5) is 31.1. The molecule has 12 heteroatoms. The number of alkyl halides is 6. The third-order valence-electron chi connectivity index (χ3n) is 7.58. The molecule has 0 saturated carbocycles. The molecule has 1 N–H and O–H groups in total. The number of β-amino-alcohol motifs (C(OH)–C–C–N with tert-alkyl or cyclic N) is 1. The van der Waals surface area contributed by atoms with Crippen molar-refractivity contribution in [2.75, 3.05) is 33.2 Å². The zero-order chi connectivity index (χ0) is 28.9. The Labute approximate surface area is 221 Å².